The highest BCUT2D eigenvalue weighted by Crippen LogP contribution is 2.24. The summed E-state index contributed by atoms with van der Waals surface area (Å²) in [6.07, 6.45) is 2.25. The van der Waals surface area contributed by atoms with Gasteiger partial charge < -0.3 is 4.42 Å². The first-order valence-corrected chi connectivity index (χ1v) is 7.68. The highest BCUT2D eigenvalue weighted by Gasteiger charge is 2.11. The van der Waals surface area contributed by atoms with Crippen molar-refractivity contribution in [1.82, 2.24) is 5.43 Å². The van der Waals surface area contributed by atoms with Gasteiger partial charge in [0, 0.05) is 35.1 Å². The van der Waals surface area contributed by atoms with E-state index in [1.165, 1.54) is 24.3 Å². The lowest BCUT2D eigenvalue weighted by Crippen LogP contribution is -2.17. The summed E-state index contributed by atoms with van der Waals surface area (Å²) in [7, 11) is 0. The molecule has 0 saturated carbocycles. The summed E-state index contributed by atoms with van der Waals surface area (Å²) in [5.41, 5.74) is 4.22. The third kappa shape index (κ3) is 3.40. The number of rotatable bonds is 5. The largest absolute Gasteiger partial charge is 0.460 e. The van der Waals surface area contributed by atoms with E-state index in [1.807, 2.05) is 31.2 Å². The smallest absolute Gasteiger partial charge is 0.271 e. The number of carbonyl (C=O) groups excluding carboxylic acids is 1. The van der Waals surface area contributed by atoms with Crippen LogP contribution in [0.5, 0.6) is 0 Å². The molecule has 1 heterocycles. The maximum Gasteiger partial charge on any atom is 0.271 e. The molecule has 0 aliphatic carbocycles. The van der Waals surface area contributed by atoms with Gasteiger partial charge in [-0.3, -0.25) is 14.9 Å². The molecule has 0 atom stereocenters. The van der Waals surface area contributed by atoms with Crippen LogP contribution in [0.15, 0.2) is 58.0 Å². The SMILES string of the molecule is CCc1oc2ccccc2c1/C=N\NC(=O)c1ccc([N+](=O)[O-])cc1. The Morgan fingerprint density at radius 1 is 1.24 bits per heavy atom. The molecule has 0 aliphatic rings. The Balaban J connectivity index is 1.77. The maximum atomic E-state index is 12.1. The highest BCUT2D eigenvalue weighted by atomic mass is 16.6. The van der Waals surface area contributed by atoms with Crippen molar-refractivity contribution in [3.05, 3.63) is 75.5 Å². The Bertz CT molecular complexity index is 958. The van der Waals surface area contributed by atoms with Crippen LogP contribution in [0.1, 0.15) is 28.6 Å². The van der Waals surface area contributed by atoms with Crippen LogP contribution < -0.4 is 5.43 Å². The van der Waals surface area contributed by atoms with Crippen LogP contribution >= 0.6 is 0 Å². The summed E-state index contributed by atoms with van der Waals surface area (Å²) >= 11 is 0. The third-order valence-corrected chi connectivity index (χ3v) is 3.73. The molecule has 0 spiro atoms. The molecule has 7 nitrogen and oxygen atoms in total. The molecule has 0 saturated heterocycles. The van der Waals surface area contributed by atoms with Crippen LogP contribution in [0.4, 0.5) is 5.69 Å². The van der Waals surface area contributed by atoms with Crippen LogP contribution in [0.25, 0.3) is 11.0 Å². The van der Waals surface area contributed by atoms with E-state index >= 15 is 0 Å². The fraction of sp³-hybridized carbons (Fsp3) is 0.111. The Morgan fingerprint density at radius 3 is 2.64 bits per heavy atom. The van der Waals surface area contributed by atoms with Crippen molar-refractivity contribution in [3.63, 3.8) is 0 Å². The van der Waals surface area contributed by atoms with E-state index in [4.69, 9.17) is 4.42 Å². The zero-order valence-corrected chi connectivity index (χ0v) is 13.4. The molecular formula is C18H15N3O4. The van der Waals surface area contributed by atoms with Crippen LogP contribution in [0.3, 0.4) is 0 Å². The fourth-order valence-electron chi connectivity index (χ4n) is 2.47. The van der Waals surface area contributed by atoms with Crippen molar-refractivity contribution in [2.75, 3.05) is 0 Å². The average molecular weight is 337 g/mol. The number of benzene rings is 2. The minimum Gasteiger partial charge on any atom is -0.460 e. The molecule has 1 aromatic heterocycles. The average Bonchev–Trinajstić information content (AvgIpc) is 2.99. The van der Waals surface area contributed by atoms with Gasteiger partial charge in [0.2, 0.25) is 0 Å². The first-order chi connectivity index (χ1) is 12.1. The van der Waals surface area contributed by atoms with Crippen LogP contribution in [-0.2, 0) is 6.42 Å². The molecule has 1 amide bonds. The van der Waals surface area contributed by atoms with E-state index in [0.717, 1.165) is 22.3 Å². The molecule has 2 aromatic carbocycles. The normalized spacial score (nSPS) is 11.1. The van der Waals surface area contributed by atoms with Gasteiger partial charge in [-0.2, -0.15) is 5.10 Å². The lowest BCUT2D eigenvalue weighted by atomic mass is 10.1. The molecule has 3 aromatic rings. The number of hydrogen-bond acceptors (Lipinski definition) is 5. The zero-order valence-electron chi connectivity index (χ0n) is 13.4. The van der Waals surface area contributed by atoms with E-state index in [0.29, 0.717) is 6.42 Å². The van der Waals surface area contributed by atoms with Crippen molar-refractivity contribution in [3.8, 4) is 0 Å². The number of carbonyl (C=O) groups is 1. The van der Waals surface area contributed by atoms with Gasteiger partial charge in [0.05, 0.1) is 11.1 Å². The van der Waals surface area contributed by atoms with E-state index in [1.54, 1.807) is 6.21 Å². The Hall–Kier alpha value is -3.48. The van der Waals surface area contributed by atoms with Gasteiger partial charge in [-0.25, -0.2) is 5.43 Å². The number of fused-ring (bicyclic) bond motifs is 1. The maximum absolute atomic E-state index is 12.1. The predicted octanol–water partition coefficient (Wildman–Crippen LogP) is 3.67. The van der Waals surface area contributed by atoms with Crippen molar-refractivity contribution < 1.29 is 14.1 Å². The third-order valence-electron chi connectivity index (χ3n) is 3.73. The Labute approximate surface area is 143 Å². The summed E-state index contributed by atoms with van der Waals surface area (Å²) in [6, 6.07) is 12.9. The Kier molecular flexibility index (Phi) is 4.56. The van der Waals surface area contributed by atoms with Gasteiger partial charge in [-0.1, -0.05) is 25.1 Å². The minimum atomic E-state index is -0.518. The molecule has 0 fully saturated rings. The topological polar surface area (TPSA) is 97.7 Å². The summed E-state index contributed by atoms with van der Waals surface area (Å²) in [4.78, 5) is 22.2. The number of non-ortho nitro benzene ring substituents is 1. The molecule has 0 radical (unpaired) electrons. The van der Waals surface area contributed by atoms with E-state index in [-0.39, 0.29) is 11.3 Å². The second-order valence-corrected chi connectivity index (χ2v) is 5.29. The monoisotopic (exact) mass is 337 g/mol. The number of hydrazone groups is 1. The summed E-state index contributed by atoms with van der Waals surface area (Å²) in [5, 5.41) is 15.5. The number of hydrogen-bond donors (Lipinski definition) is 1. The highest BCUT2D eigenvalue weighted by molar-refractivity contribution is 6.00. The lowest BCUT2D eigenvalue weighted by Gasteiger charge is -1.99. The molecule has 1 N–H and O–H groups in total. The zero-order chi connectivity index (χ0) is 17.8. The quantitative estimate of drug-likeness (QED) is 0.436. The van der Waals surface area contributed by atoms with Gasteiger partial charge in [0.25, 0.3) is 11.6 Å². The number of nitrogens with one attached hydrogen (secondary N) is 1. The van der Waals surface area contributed by atoms with Gasteiger partial charge >= 0.3 is 0 Å². The van der Waals surface area contributed by atoms with E-state index in [2.05, 4.69) is 10.5 Å². The predicted molar refractivity (Wildman–Crippen MR) is 93.7 cm³/mol. The van der Waals surface area contributed by atoms with Crippen molar-refractivity contribution in [2.24, 2.45) is 5.10 Å². The van der Waals surface area contributed by atoms with Crippen LogP contribution in [-0.4, -0.2) is 17.0 Å². The number of nitrogens with zero attached hydrogens (tertiary/aromatic N) is 2. The number of amides is 1. The van der Waals surface area contributed by atoms with Gasteiger partial charge in [-0.05, 0) is 18.2 Å². The van der Waals surface area contributed by atoms with Gasteiger partial charge in [-0.15, -0.1) is 0 Å². The summed E-state index contributed by atoms with van der Waals surface area (Å²) < 4.78 is 5.76. The standard InChI is InChI=1S/C18H15N3O4/c1-2-16-15(14-5-3-4-6-17(14)25-16)11-19-20-18(22)12-7-9-13(10-8-12)21(23)24/h3-11H,2H2,1H3,(H,20,22)/b19-11-. The van der Waals surface area contributed by atoms with Crippen molar-refractivity contribution in [1.29, 1.82) is 0 Å². The Morgan fingerprint density at radius 2 is 1.96 bits per heavy atom. The van der Waals surface area contributed by atoms with E-state index in [9.17, 15) is 14.9 Å². The molecule has 0 aliphatic heterocycles. The summed E-state index contributed by atoms with van der Waals surface area (Å²) in [5.74, 6) is 0.339. The first kappa shape index (κ1) is 16.4. The number of nitro groups is 1. The van der Waals surface area contributed by atoms with Gasteiger partial charge in [0.15, 0.2) is 0 Å². The lowest BCUT2D eigenvalue weighted by molar-refractivity contribution is -0.384. The molecule has 126 valence electrons. The molecular weight excluding hydrogens is 322 g/mol. The molecule has 0 bridgehead atoms. The second kappa shape index (κ2) is 6.96. The van der Waals surface area contributed by atoms with Crippen molar-refractivity contribution >= 4 is 28.8 Å². The number of aryl methyl sites for hydroxylation is 1. The fourth-order valence-corrected chi connectivity index (χ4v) is 2.47. The minimum absolute atomic E-state index is 0.0718. The molecule has 0 unspecified atom stereocenters. The molecule has 25 heavy (non-hydrogen) atoms. The molecule has 7 heteroatoms. The van der Waals surface area contributed by atoms with E-state index < -0.39 is 10.8 Å². The molecule has 3 rings (SSSR count). The van der Waals surface area contributed by atoms with Crippen LogP contribution in [0.2, 0.25) is 0 Å². The number of nitro benzene ring substituents is 1. The summed E-state index contributed by atoms with van der Waals surface area (Å²) in [6.45, 7) is 1.98. The first-order valence-electron chi connectivity index (χ1n) is 7.68. The van der Waals surface area contributed by atoms with Crippen LogP contribution in [0, 0.1) is 10.1 Å². The van der Waals surface area contributed by atoms with Gasteiger partial charge in [0.1, 0.15) is 11.3 Å². The number of para-hydroxylation sites is 1. The second-order valence-electron chi connectivity index (χ2n) is 5.29. The number of furan rings is 1. The van der Waals surface area contributed by atoms with Crippen molar-refractivity contribution in [2.45, 2.75) is 13.3 Å².